The highest BCUT2D eigenvalue weighted by molar-refractivity contribution is 8.00. The van der Waals surface area contributed by atoms with Crippen LogP contribution in [0.1, 0.15) is 84.1 Å². The topological polar surface area (TPSA) is 93.5 Å². The third kappa shape index (κ3) is 3.60. The maximum Gasteiger partial charge on any atom is 0.210 e. The number of hydrogen-bond acceptors (Lipinski definition) is 6. The van der Waals surface area contributed by atoms with Gasteiger partial charge in [0.05, 0.1) is 17.0 Å². The second kappa shape index (κ2) is 7.73. The Morgan fingerprint density at radius 1 is 1.23 bits per heavy atom. The lowest BCUT2D eigenvalue weighted by molar-refractivity contribution is 0.0988. The van der Waals surface area contributed by atoms with Gasteiger partial charge in [0.15, 0.2) is 11.6 Å². The number of thioether (sulfide) groups is 1. The predicted molar refractivity (Wildman–Crippen MR) is 99.9 cm³/mol. The normalized spacial score (nSPS) is 16.6. The van der Waals surface area contributed by atoms with Gasteiger partial charge in [-0.25, -0.2) is 4.68 Å². The van der Waals surface area contributed by atoms with Crippen LogP contribution in [0.3, 0.4) is 0 Å². The van der Waals surface area contributed by atoms with Gasteiger partial charge in [0.25, 0.3) is 0 Å². The number of rotatable bonds is 6. The summed E-state index contributed by atoms with van der Waals surface area (Å²) in [7, 11) is 0. The molecule has 2 heterocycles. The number of hydrogen-bond donors (Lipinski definition) is 1. The van der Waals surface area contributed by atoms with Crippen molar-refractivity contribution in [2.75, 3.05) is 0 Å². The summed E-state index contributed by atoms with van der Waals surface area (Å²) >= 11 is 1.38. The first kappa shape index (κ1) is 18.8. The molecule has 0 spiro atoms. The van der Waals surface area contributed by atoms with Crippen molar-refractivity contribution in [1.29, 1.82) is 0 Å². The first-order chi connectivity index (χ1) is 12.4. The zero-order valence-electron chi connectivity index (χ0n) is 15.7. The third-order valence-electron chi connectivity index (χ3n) is 5.07. The van der Waals surface area contributed by atoms with Crippen molar-refractivity contribution in [3.63, 3.8) is 0 Å². The molecule has 7 nitrogen and oxygen atoms in total. The van der Waals surface area contributed by atoms with Crippen LogP contribution < -0.4 is 0 Å². The molecular weight excluding hydrogens is 350 g/mol. The number of tetrazole rings is 1. The van der Waals surface area contributed by atoms with E-state index in [1.807, 2.05) is 25.5 Å². The molecule has 8 heteroatoms. The highest BCUT2D eigenvalue weighted by Gasteiger charge is 2.27. The smallest absolute Gasteiger partial charge is 0.210 e. The summed E-state index contributed by atoms with van der Waals surface area (Å²) in [4.78, 5) is 27.8. The van der Waals surface area contributed by atoms with E-state index < -0.39 is 0 Å². The molecule has 2 aromatic rings. The highest BCUT2D eigenvalue weighted by Crippen LogP contribution is 2.32. The van der Waals surface area contributed by atoms with Crippen LogP contribution in [0.25, 0.3) is 0 Å². The Hall–Kier alpha value is -1.96. The van der Waals surface area contributed by atoms with E-state index in [-0.39, 0.29) is 16.8 Å². The second-order valence-electron chi connectivity index (χ2n) is 7.00. The van der Waals surface area contributed by atoms with Crippen LogP contribution in [-0.2, 0) is 0 Å². The van der Waals surface area contributed by atoms with Crippen molar-refractivity contribution in [2.24, 2.45) is 0 Å². The number of aromatic amines is 1. The summed E-state index contributed by atoms with van der Waals surface area (Å²) < 4.78 is 1.88. The summed E-state index contributed by atoms with van der Waals surface area (Å²) in [5.74, 6) is -0.0712. The number of nitrogens with zero attached hydrogens (tertiary/aromatic N) is 4. The number of nitrogens with one attached hydrogen (secondary N) is 1. The van der Waals surface area contributed by atoms with Gasteiger partial charge in [-0.2, -0.15) is 0 Å². The number of aromatic nitrogens is 5. The Bertz CT molecular complexity index is 820. The average Bonchev–Trinajstić information content (AvgIpc) is 3.19. The molecule has 0 aliphatic heterocycles. The molecule has 1 aliphatic carbocycles. The Labute approximate surface area is 157 Å². The van der Waals surface area contributed by atoms with Crippen LogP contribution in [0.15, 0.2) is 5.16 Å². The van der Waals surface area contributed by atoms with Crippen LogP contribution in [-0.4, -0.2) is 42.0 Å². The third-order valence-corrected chi connectivity index (χ3v) is 6.12. The SMILES string of the molecule is CC(=O)c1c(C)[nH]c(C(=O)[C@H](C)Sc2nnnn2C2CCCCC2)c1C. The Morgan fingerprint density at radius 2 is 1.92 bits per heavy atom. The van der Waals surface area contributed by atoms with Gasteiger partial charge in [-0.05, 0) is 56.5 Å². The average molecular weight is 375 g/mol. The van der Waals surface area contributed by atoms with Gasteiger partial charge < -0.3 is 4.98 Å². The number of Topliss-reactive ketones (excluding diaryl/α,β-unsaturated/α-hetero) is 2. The molecule has 1 N–H and O–H groups in total. The van der Waals surface area contributed by atoms with E-state index in [9.17, 15) is 9.59 Å². The Kier molecular flexibility index (Phi) is 5.60. The fourth-order valence-electron chi connectivity index (χ4n) is 3.76. The van der Waals surface area contributed by atoms with E-state index in [2.05, 4.69) is 20.5 Å². The summed E-state index contributed by atoms with van der Waals surface area (Å²) in [5.41, 5.74) is 2.57. The van der Waals surface area contributed by atoms with E-state index in [0.717, 1.165) is 24.1 Å². The minimum Gasteiger partial charge on any atom is -0.355 e. The van der Waals surface area contributed by atoms with Gasteiger partial charge in [0.2, 0.25) is 5.16 Å². The Morgan fingerprint density at radius 3 is 2.54 bits per heavy atom. The molecule has 0 bridgehead atoms. The summed E-state index contributed by atoms with van der Waals surface area (Å²) in [6, 6.07) is 0.322. The summed E-state index contributed by atoms with van der Waals surface area (Å²) in [6.07, 6.45) is 5.81. The fraction of sp³-hybridized carbons (Fsp3) is 0.611. The van der Waals surface area contributed by atoms with Gasteiger partial charge in [-0.1, -0.05) is 31.0 Å². The molecule has 0 amide bonds. The lowest BCUT2D eigenvalue weighted by atomic mass is 9.96. The van der Waals surface area contributed by atoms with E-state index in [0.29, 0.717) is 22.5 Å². The highest BCUT2D eigenvalue weighted by atomic mass is 32.2. The van der Waals surface area contributed by atoms with Gasteiger partial charge >= 0.3 is 0 Å². The van der Waals surface area contributed by atoms with Gasteiger partial charge in [-0.15, -0.1) is 5.10 Å². The lowest BCUT2D eigenvalue weighted by Gasteiger charge is -2.22. The van der Waals surface area contributed by atoms with Gasteiger partial charge in [0.1, 0.15) is 0 Å². The van der Waals surface area contributed by atoms with Crippen molar-refractivity contribution >= 4 is 23.3 Å². The van der Waals surface area contributed by atoms with E-state index in [1.54, 1.807) is 0 Å². The first-order valence-corrected chi connectivity index (χ1v) is 9.97. The van der Waals surface area contributed by atoms with Crippen molar-refractivity contribution < 1.29 is 9.59 Å². The monoisotopic (exact) mass is 375 g/mol. The number of ketones is 2. The predicted octanol–water partition coefficient (Wildman–Crippen LogP) is 3.69. The van der Waals surface area contributed by atoms with Crippen LogP contribution >= 0.6 is 11.8 Å². The molecule has 1 aliphatic rings. The van der Waals surface area contributed by atoms with E-state index >= 15 is 0 Å². The first-order valence-electron chi connectivity index (χ1n) is 9.09. The minimum atomic E-state index is -0.347. The molecule has 0 unspecified atom stereocenters. The van der Waals surface area contributed by atoms with E-state index in [1.165, 1.54) is 37.9 Å². The van der Waals surface area contributed by atoms with Crippen LogP contribution in [0.2, 0.25) is 0 Å². The molecular formula is C18H25N5O2S. The summed E-state index contributed by atoms with van der Waals surface area (Å²) in [5, 5.41) is 12.4. The van der Waals surface area contributed by atoms with Gasteiger partial charge in [0, 0.05) is 11.3 Å². The van der Waals surface area contributed by atoms with Crippen molar-refractivity contribution in [1.82, 2.24) is 25.2 Å². The zero-order chi connectivity index (χ0) is 18.8. The van der Waals surface area contributed by atoms with Crippen LogP contribution in [0, 0.1) is 13.8 Å². The number of H-pyrrole nitrogens is 1. The zero-order valence-corrected chi connectivity index (χ0v) is 16.5. The number of aryl methyl sites for hydroxylation is 1. The van der Waals surface area contributed by atoms with E-state index in [4.69, 9.17) is 0 Å². The molecule has 3 rings (SSSR count). The standard InChI is InChI=1S/C18H25N5O2S/c1-10-15(12(3)24)11(2)19-16(10)17(25)13(4)26-18-20-21-22-23(18)14-8-6-5-7-9-14/h13-14,19H,5-9H2,1-4H3/t13-/m0/s1. The quantitative estimate of drug-likeness (QED) is 0.611. The molecule has 0 saturated heterocycles. The Balaban J connectivity index is 1.78. The summed E-state index contributed by atoms with van der Waals surface area (Å²) in [6.45, 7) is 7.02. The minimum absolute atomic E-state index is 0.0307. The molecule has 1 fully saturated rings. The van der Waals surface area contributed by atoms with Gasteiger partial charge in [-0.3, -0.25) is 9.59 Å². The van der Waals surface area contributed by atoms with Crippen molar-refractivity contribution in [3.8, 4) is 0 Å². The molecule has 0 aromatic carbocycles. The van der Waals surface area contributed by atoms with Crippen molar-refractivity contribution in [2.45, 2.75) is 76.2 Å². The molecule has 26 heavy (non-hydrogen) atoms. The number of carbonyl (C=O) groups is 2. The maximum absolute atomic E-state index is 12.9. The van der Waals surface area contributed by atoms with Crippen molar-refractivity contribution in [3.05, 3.63) is 22.5 Å². The maximum atomic E-state index is 12.9. The van der Waals surface area contributed by atoms with Crippen LogP contribution in [0.5, 0.6) is 0 Å². The second-order valence-corrected chi connectivity index (χ2v) is 8.31. The largest absolute Gasteiger partial charge is 0.355 e. The number of carbonyl (C=O) groups excluding carboxylic acids is 2. The molecule has 1 saturated carbocycles. The molecule has 2 aromatic heterocycles. The molecule has 1 atom stereocenters. The fourth-order valence-corrected chi connectivity index (χ4v) is 4.68. The molecule has 140 valence electrons. The molecule has 0 radical (unpaired) electrons. The van der Waals surface area contributed by atoms with Crippen LogP contribution in [0.4, 0.5) is 0 Å². The lowest BCUT2D eigenvalue weighted by Crippen LogP contribution is -2.19.